The summed E-state index contributed by atoms with van der Waals surface area (Å²) < 4.78 is 0.987. The van der Waals surface area contributed by atoms with E-state index in [1.165, 1.54) is 0 Å². The number of nitrogens with zero attached hydrogens (tertiary/aromatic N) is 1. The van der Waals surface area contributed by atoms with Gasteiger partial charge in [-0.3, -0.25) is 4.79 Å². The summed E-state index contributed by atoms with van der Waals surface area (Å²) in [5.74, 6) is 4.49. The van der Waals surface area contributed by atoms with E-state index in [1.54, 1.807) is 24.3 Å². The fourth-order valence-corrected chi connectivity index (χ4v) is 1.17. The summed E-state index contributed by atoms with van der Waals surface area (Å²) in [6.45, 7) is 0. The van der Waals surface area contributed by atoms with E-state index in [9.17, 15) is 4.79 Å². The monoisotopic (exact) mass is 232 g/mol. The summed E-state index contributed by atoms with van der Waals surface area (Å²) in [5.41, 5.74) is 1.63. The zero-order valence-corrected chi connectivity index (χ0v) is 8.74. The van der Waals surface area contributed by atoms with E-state index in [0.29, 0.717) is 12.1 Å². The van der Waals surface area contributed by atoms with E-state index in [2.05, 4.69) is 0 Å². The number of hydrogen-bond acceptors (Lipinski definition) is 3. The Morgan fingerprint density at radius 3 is 2.33 bits per heavy atom. The second-order valence-corrected chi connectivity index (χ2v) is 3.24. The zero-order chi connectivity index (χ0) is 10.6. The van der Waals surface area contributed by atoms with Crippen LogP contribution in [-0.4, -0.2) is 16.6 Å². The number of halogens is 1. The second kappa shape index (κ2) is 6.23. The lowest BCUT2D eigenvalue weighted by Gasteiger charge is -2.08. The van der Waals surface area contributed by atoms with Gasteiger partial charge in [0.2, 0.25) is 0 Å². The lowest BCUT2D eigenvalue weighted by Crippen LogP contribution is -2.18. The lowest BCUT2D eigenvalue weighted by atomic mass is 10.1. The van der Waals surface area contributed by atoms with Crippen LogP contribution < -0.4 is 10.4 Å². The van der Waals surface area contributed by atoms with Crippen LogP contribution in [0.5, 0.6) is 0 Å². The van der Waals surface area contributed by atoms with Crippen LogP contribution in [0.2, 0.25) is 0 Å². The summed E-state index contributed by atoms with van der Waals surface area (Å²) in [6, 6.07) is 7.09. The van der Waals surface area contributed by atoms with Gasteiger partial charge < -0.3 is 10.6 Å². The summed E-state index contributed by atoms with van der Waals surface area (Å²) in [4.78, 5) is 10.3. The maximum absolute atomic E-state index is 10.3. The molecule has 0 aliphatic carbocycles. The Hall–Kier alpha value is -1.30. The van der Waals surface area contributed by atoms with Crippen molar-refractivity contribution < 1.29 is 15.4 Å². The molecule has 0 saturated heterocycles. The third-order valence-electron chi connectivity index (χ3n) is 1.81. The Bertz CT molecular complexity index is 314. The van der Waals surface area contributed by atoms with Crippen molar-refractivity contribution in [2.75, 3.05) is 4.53 Å². The molecule has 5 nitrogen and oxygen atoms in total. The molecule has 0 fully saturated rings. The van der Waals surface area contributed by atoms with Crippen LogP contribution in [0.3, 0.4) is 0 Å². The topological polar surface area (TPSA) is 98.1 Å². The molecule has 84 valence electrons. The average molecular weight is 233 g/mol. The third-order valence-corrected chi connectivity index (χ3v) is 2.01. The minimum absolute atomic E-state index is 0. The number of nitrogens with two attached hydrogens (primary N) is 1. The first kappa shape index (κ1) is 13.7. The van der Waals surface area contributed by atoms with Crippen molar-refractivity contribution in [3.8, 4) is 0 Å². The molecule has 0 atom stereocenters. The summed E-state index contributed by atoms with van der Waals surface area (Å²) in [7, 11) is 0. The minimum atomic E-state index is -0.799. The molecule has 0 saturated carbocycles. The van der Waals surface area contributed by atoms with Crippen LogP contribution in [-0.2, 0) is 11.2 Å². The highest BCUT2D eigenvalue weighted by Crippen LogP contribution is 2.14. The molecule has 15 heavy (non-hydrogen) atoms. The number of carbonyl (C=O) groups is 1. The van der Waals surface area contributed by atoms with Crippen molar-refractivity contribution in [1.82, 2.24) is 0 Å². The molecule has 0 aliphatic heterocycles. The van der Waals surface area contributed by atoms with Gasteiger partial charge in [0.15, 0.2) is 0 Å². The molecule has 0 aromatic heterocycles. The van der Waals surface area contributed by atoms with Crippen molar-refractivity contribution in [2.45, 2.75) is 12.8 Å². The quantitative estimate of drug-likeness (QED) is 0.454. The first-order chi connectivity index (χ1) is 6.59. The van der Waals surface area contributed by atoms with Gasteiger partial charge in [0.25, 0.3) is 0 Å². The highest BCUT2D eigenvalue weighted by atomic mass is 35.5. The molecule has 0 heterocycles. The standard InChI is InChI=1S/C9H11ClN2O2.H2O/c10-12(11)8-4-1-7(2-5-8)3-6-9(13)14;/h1-2,4-5H,3,6,11H2,(H,13,14);1H2. The predicted molar refractivity (Wildman–Crippen MR) is 58.5 cm³/mol. The normalized spacial score (nSPS) is 9.20. The van der Waals surface area contributed by atoms with E-state index in [4.69, 9.17) is 22.7 Å². The Balaban J connectivity index is 0.00000196. The van der Waals surface area contributed by atoms with E-state index >= 15 is 0 Å². The molecular formula is C9H13ClN2O3. The van der Waals surface area contributed by atoms with Gasteiger partial charge in [0.1, 0.15) is 0 Å². The lowest BCUT2D eigenvalue weighted by molar-refractivity contribution is -0.136. The third kappa shape index (κ3) is 4.64. The number of aryl methyl sites for hydroxylation is 1. The zero-order valence-electron chi connectivity index (χ0n) is 7.98. The molecule has 0 radical (unpaired) electrons. The fourth-order valence-electron chi connectivity index (χ4n) is 1.06. The molecule has 0 amide bonds. The van der Waals surface area contributed by atoms with E-state index in [1.807, 2.05) is 0 Å². The van der Waals surface area contributed by atoms with Crippen molar-refractivity contribution in [3.05, 3.63) is 29.8 Å². The molecule has 1 rings (SSSR count). The number of anilines is 1. The largest absolute Gasteiger partial charge is 0.481 e. The van der Waals surface area contributed by atoms with Gasteiger partial charge in [-0.05, 0) is 24.1 Å². The Morgan fingerprint density at radius 1 is 1.40 bits per heavy atom. The smallest absolute Gasteiger partial charge is 0.303 e. The molecule has 0 aliphatic rings. The molecule has 1 aromatic carbocycles. The number of benzene rings is 1. The summed E-state index contributed by atoms with van der Waals surface area (Å²) in [6.07, 6.45) is 0.648. The SMILES string of the molecule is NN(Cl)c1ccc(CCC(=O)O)cc1.O. The predicted octanol–water partition coefficient (Wildman–Crippen LogP) is 0.713. The Kier molecular flexibility index (Phi) is 5.69. The minimum Gasteiger partial charge on any atom is -0.481 e. The molecule has 0 bridgehead atoms. The van der Waals surface area contributed by atoms with Crippen molar-refractivity contribution in [3.63, 3.8) is 0 Å². The number of carboxylic acid groups (broad SMARTS) is 1. The molecule has 1 aromatic rings. The van der Waals surface area contributed by atoms with Crippen LogP contribution in [0.4, 0.5) is 5.69 Å². The summed E-state index contributed by atoms with van der Waals surface area (Å²) in [5, 5.41) is 8.47. The average Bonchev–Trinajstić information content (AvgIpc) is 2.15. The highest BCUT2D eigenvalue weighted by Gasteiger charge is 2.00. The molecule has 6 heteroatoms. The van der Waals surface area contributed by atoms with Crippen molar-refractivity contribution >= 4 is 23.4 Å². The second-order valence-electron chi connectivity index (χ2n) is 2.87. The van der Waals surface area contributed by atoms with Gasteiger partial charge in [-0.15, -0.1) is 0 Å². The van der Waals surface area contributed by atoms with Gasteiger partial charge in [-0.1, -0.05) is 12.1 Å². The molecule has 5 N–H and O–H groups in total. The van der Waals surface area contributed by atoms with Crippen molar-refractivity contribution in [2.24, 2.45) is 5.84 Å². The number of hydrazine groups is 1. The first-order valence-electron chi connectivity index (χ1n) is 4.11. The van der Waals surface area contributed by atoms with Crippen LogP contribution in [0, 0.1) is 0 Å². The molecule has 0 unspecified atom stereocenters. The number of hydrogen-bond donors (Lipinski definition) is 2. The Labute approximate surface area is 92.4 Å². The van der Waals surface area contributed by atoms with Gasteiger partial charge in [-0.2, -0.15) is 0 Å². The van der Waals surface area contributed by atoms with E-state index in [-0.39, 0.29) is 11.9 Å². The van der Waals surface area contributed by atoms with Crippen LogP contribution in [0.1, 0.15) is 12.0 Å². The molecule has 0 spiro atoms. The maximum atomic E-state index is 10.3. The Morgan fingerprint density at radius 2 is 1.93 bits per heavy atom. The highest BCUT2D eigenvalue weighted by molar-refractivity contribution is 6.24. The van der Waals surface area contributed by atoms with Crippen LogP contribution in [0.15, 0.2) is 24.3 Å². The van der Waals surface area contributed by atoms with E-state index in [0.717, 1.165) is 10.1 Å². The van der Waals surface area contributed by atoms with Gasteiger partial charge in [0, 0.05) is 18.2 Å². The van der Waals surface area contributed by atoms with Crippen LogP contribution in [0.25, 0.3) is 0 Å². The summed E-state index contributed by atoms with van der Waals surface area (Å²) >= 11 is 5.50. The first-order valence-corrected chi connectivity index (χ1v) is 4.45. The number of rotatable bonds is 4. The van der Waals surface area contributed by atoms with Gasteiger partial charge in [0.05, 0.1) is 5.69 Å². The number of aliphatic carboxylic acids is 1. The van der Waals surface area contributed by atoms with Gasteiger partial charge in [-0.25, -0.2) is 10.4 Å². The van der Waals surface area contributed by atoms with Gasteiger partial charge >= 0.3 is 5.97 Å². The number of carboxylic acids is 1. The fraction of sp³-hybridized carbons (Fsp3) is 0.222. The van der Waals surface area contributed by atoms with Crippen LogP contribution >= 0.6 is 11.8 Å². The van der Waals surface area contributed by atoms with Crippen molar-refractivity contribution in [1.29, 1.82) is 0 Å². The van der Waals surface area contributed by atoms with E-state index < -0.39 is 5.97 Å². The maximum Gasteiger partial charge on any atom is 0.303 e. The molecular weight excluding hydrogens is 220 g/mol.